The SMILES string of the molecule is CCN1C(=O)/C(=C\c2cc(I)c(OCc3cccc([N+](=O)[O-])c3)c(I)c2)SC1=Nc1ccc(OC)cc1. The van der Waals surface area contributed by atoms with Crippen molar-refractivity contribution < 1.29 is 19.2 Å². The molecule has 0 saturated carbocycles. The summed E-state index contributed by atoms with van der Waals surface area (Å²) in [5.74, 6) is 1.35. The first kappa shape index (κ1) is 27.4. The highest BCUT2D eigenvalue weighted by Gasteiger charge is 2.32. The lowest BCUT2D eigenvalue weighted by Crippen LogP contribution is -2.28. The zero-order valence-electron chi connectivity index (χ0n) is 19.8. The molecule has 4 rings (SSSR count). The van der Waals surface area contributed by atoms with E-state index in [4.69, 9.17) is 9.47 Å². The smallest absolute Gasteiger partial charge is 0.269 e. The molecule has 0 aliphatic carbocycles. The predicted molar refractivity (Wildman–Crippen MR) is 162 cm³/mol. The van der Waals surface area contributed by atoms with Crippen molar-refractivity contribution in [3.63, 3.8) is 0 Å². The van der Waals surface area contributed by atoms with Gasteiger partial charge in [-0.25, -0.2) is 4.99 Å². The number of amides is 1. The van der Waals surface area contributed by atoms with Gasteiger partial charge in [-0.15, -0.1) is 0 Å². The van der Waals surface area contributed by atoms with E-state index in [1.165, 1.54) is 23.9 Å². The van der Waals surface area contributed by atoms with Crippen molar-refractivity contribution in [2.24, 2.45) is 4.99 Å². The molecule has 1 saturated heterocycles. The summed E-state index contributed by atoms with van der Waals surface area (Å²) in [6, 6.07) is 17.7. The molecule has 0 aromatic heterocycles. The summed E-state index contributed by atoms with van der Waals surface area (Å²) in [7, 11) is 1.61. The van der Waals surface area contributed by atoms with Crippen molar-refractivity contribution in [2.45, 2.75) is 13.5 Å². The van der Waals surface area contributed by atoms with Crippen LogP contribution in [0.15, 0.2) is 70.6 Å². The van der Waals surface area contributed by atoms with E-state index in [0.29, 0.717) is 27.9 Å². The van der Waals surface area contributed by atoms with Gasteiger partial charge in [0.25, 0.3) is 11.6 Å². The molecule has 8 nitrogen and oxygen atoms in total. The van der Waals surface area contributed by atoms with E-state index in [2.05, 4.69) is 50.2 Å². The van der Waals surface area contributed by atoms with Gasteiger partial charge in [0.15, 0.2) is 5.17 Å². The lowest BCUT2D eigenvalue weighted by Gasteiger charge is -2.12. The Hall–Kier alpha value is -2.65. The van der Waals surface area contributed by atoms with E-state index in [0.717, 1.165) is 24.1 Å². The summed E-state index contributed by atoms with van der Waals surface area (Å²) in [5.41, 5.74) is 2.35. The zero-order chi connectivity index (χ0) is 26.5. The van der Waals surface area contributed by atoms with Crippen LogP contribution in [0.1, 0.15) is 18.1 Å². The van der Waals surface area contributed by atoms with Gasteiger partial charge in [-0.05, 0) is 117 Å². The van der Waals surface area contributed by atoms with Crippen molar-refractivity contribution in [2.75, 3.05) is 13.7 Å². The Bertz CT molecular complexity index is 1390. The highest BCUT2D eigenvalue weighted by Crippen LogP contribution is 2.36. The fourth-order valence-electron chi connectivity index (χ4n) is 3.50. The number of rotatable bonds is 8. The van der Waals surface area contributed by atoms with Crippen LogP contribution in [-0.4, -0.2) is 34.6 Å². The normalized spacial score (nSPS) is 15.5. The summed E-state index contributed by atoms with van der Waals surface area (Å²) < 4.78 is 12.9. The predicted octanol–water partition coefficient (Wildman–Crippen LogP) is 7.02. The van der Waals surface area contributed by atoms with Crippen molar-refractivity contribution >= 4 is 85.5 Å². The van der Waals surface area contributed by atoms with Gasteiger partial charge in [0.2, 0.25) is 0 Å². The summed E-state index contributed by atoms with van der Waals surface area (Å²) in [5, 5.41) is 11.7. The van der Waals surface area contributed by atoms with Gasteiger partial charge in [0.05, 0.1) is 29.8 Å². The van der Waals surface area contributed by atoms with E-state index in [-0.39, 0.29) is 18.2 Å². The van der Waals surface area contributed by atoms with Crippen LogP contribution in [-0.2, 0) is 11.4 Å². The number of amidine groups is 1. The van der Waals surface area contributed by atoms with E-state index in [1.807, 2.05) is 49.4 Å². The molecule has 1 aliphatic heterocycles. The molecule has 11 heteroatoms. The number of nitro groups is 1. The summed E-state index contributed by atoms with van der Waals surface area (Å²) in [6.07, 6.45) is 1.86. The minimum absolute atomic E-state index is 0.0298. The molecule has 1 aliphatic rings. The minimum atomic E-state index is -0.422. The molecule has 3 aromatic rings. The molecule has 0 bridgehead atoms. The molecule has 190 valence electrons. The highest BCUT2D eigenvalue weighted by molar-refractivity contribution is 14.1. The second-order valence-electron chi connectivity index (χ2n) is 7.78. The molecule has 0 atom stereocenters. The van der Waals surface area contributed by atoms with E-state index >= 15 is 0 Å². The number of carbonyl (C=O) groups excluding carboxylic acids is 1. The quantitative estimate of drug-likeness (QED) is 0.107. The monoisotopic (exact) mass is 741 g/mol. The molecule has 37 heavy (non-hydrogen) atoms. The number of ether oxygens (including phenoxy) is 2. The third-order valence-electron chi connectivity index (χ3n) is 5.32. The standard InChI is InChI=1S/C26H21I2N3O5S/c1-3-30-25(32)23(37-26(30)29-18-7-9-20(35-2)10-8-18)14-17-12-21(27)24(22(28)13-17)36-15-16-5-4-6-19(11-16)31(33)34/h4-14H,3,15H2,1-2H3/b23-14+,29-26?. The number of methoxy groups -OCH3 is 1. The van der Waals surface area contributed by atoms with Crippen LogP contribution in [0.2, 0.25) is 0 Å². The molecule has 1 heterocycles. The van der Waals surface area contributed by atoms with E-state index in [9.17, 15) is 14.9 Å². The van der Waals surface area contributed by atoms with Gasteiger partial charge in [0.1, 0.15) is 18.1 Å². The summed E-state index contributed by atoms with van der Waals surface area (Å²) in [4.78, 5) is 30.6. The molecule has 0 unspecified atom stereocenters. The molecule has 3 aromatic carbocycles. The number of non-ortho nitro benzene ring substituents is 1. The molecular formula is C26H21I2N3O5S. The maximum atomic E-state index is 13.1. The van der Waals surface area contributed by atoms with Crippen LogP contribution in [0.4, 0.5) is 11.4 Å². The topological polar surface area (TPSA) is 94.3 Å². The Morgan fingerprint density at radius 2 is 1.81 bits per heavy atom. The number of halogens is 2. The van der Waals surface area contributed by atoms with Crippen LogP contribution >= 0.6 is 56.9 Å². The Balaban J connectivity index is 1.53. The van der Waals surface area contributed by atoms with Gasteiger partial charge in [-0.3, -0.25) is 19.8 Å². The second-order valence-corrected chi connectivity index (χ2v) is 11.1. The van der Waals surface area contributed by atoms with Gasteiger partial charge in [0, 0.05) is 18.7 Å². The van der Waals surface area contributed by atoms with Gasteiger partial charge >= 0.3 is 0 Å². The van der Waals surface area contributed by atoms with Crippen LogP contribution in [0.25, 0.3) is 6.08 Å². The van der Waals surface area contributed by atoms with E-state index in [1.54, 1.807) is 24.1 Å². The summed E-state index contributed by atoms with van der Waals surface area (Å²) in [6.45, 7) is 2.64. The average molecular weight is 741 g/mol. The van der Waals surface area contributed by atoms with Crippen LogP contribution in [0, 0.1) is 17.3 Å². The number of thioether (sulfide) groups is 1. The van der Waals surface area contributed by atoms with Crippen LogP contribution in [0.5, 0.6) is 11.5 Å². The molecule has 0 N–H and O–H groups in total. The maximum absolute atomic E-state index is 13.1. The van der Waals surface area contributed by atoms with Gasteiger partial charge < -0.3 is 9.47 Å². The maximum Gasteiger partial charge on any atom is 0.269 e. The first-order chi connectivity index (χ1) is 17.8. The first-order valence-corrected chi connectivity index (χ1v) is 14.1. The zero-order valence-corrected chi connectivity index (χ0v) is 24.9. The fraction of sp³-hybridized carbons (Fsp3) is 0.154. The number of benzene rings is 3. The molecular weight excluding hydrogens is 720 g/mol. The number of hydrogen-bond donors (Lipinski definition) is 0. The van der Waals surface area contributed by atoms with Crippen molar-refractivity contribution in [1.82, 2.24) is 4.90 Å². The van der Waals surface area contributed by atoms with E-state index < -0.39 is 4.92 Å². The lowest BCUT2D eigenvalue weighted by molar-refractivity contribution is -0.384. The highest BCUT2D eigenvalue weighted by atomic mass is 127. The number of hydrogen-bond acceptors (Lipinski definition) is 7. The molecule has 1 fully saturated rings. The van der Waals surface area contributed by atoms with Crippen molar-refractivity contribution in [3.05, 3.63) is 94.0 Å². The van der Waals surface area contributed by atoms with Gasteiger partial charge in [-0.2, -0.15) is 0 Å². The second kappa shape index (κ2) is 12.3. The Kier molecular flexibility index (Phi) is 9.08. The fourth-order valence-corrected chi connectivity index (χ4v) is 6.69. The molecule has 0 spiro atoms. The Morgan fingerprint density at radius 3 is 2.43 bits per heavy atom. The number of aliphatic imine (C=N–C) groups is 1. The number of nitrogens with zero attached hydrogens (tertiary/aromatic N) is 3. The Morgan fingerprint density at radius 1 is 1.11 bits per heavy atom. The first-order valence-electron chi connectivity index (χ1n) is 11.1. The average Bonchev–Trinajstić information content (AvgIpc) is 3.17. The lowest BCUT2D eigenvalue weighted by atomic mass is 10.2. The van der Waals surface area contributed by atoms with Crippen LogP contribution < -0.4 is 9.47 Å². The van der Waals surface area contributed by atoms with Crippen molar-refractivity contribution in [1.29, 1.82) is 0 Å². The molecule has 1 amide bonds. The Labute approximate surface area is 245 Å². The van der Waals surface area contributed by atoms with Crippen LogP contribution in [0.3, 0.4) is 0 Å². The number of likely N-dealkylation sites (N-methyl/N-ethyl adjacent to an activating group) is 1. The summed E-state index contributed by atoms with van der Waals surface area (Å²) >= 11 is 5.74. The van der Waals surface area contributed by atoms with Crippen molar-refractivity contribution in [3.8, 4) is 11.5 Å². The third-order valence-corrected chi connectivity index (χ3v) is 7.93. The minimum Gasteiger partial charge on any atom is -0.497 e. The number of nitro benzene ring substituents is 1. The number of carbonyl (C=O) groups is 1. The van der Waals surface area contributed by atoms with Gasteiger partial charge in [-0.1, -0.05) is 12.1 Å². The third kappa shape index (κ3) is 6.62. The largest absolute Gasteiger partial charge is 0.497 e. The molecule has 0 radical (unpaired) electrons.